The van der Waals surface area contributed by atoms with E-state index in [0.29, 0.717) is 18.3 Å². The van der Waals surface area contributed by atoms with Crippen molar-refractivity contribution in [3.63, 3.8) is 0 Å². The summed E-state index contributed by atoms with van der Waals surface area (Å²) in [5.41, 5.74) is 1.04. The molecular formula is C22H30FN5O. The van der Waals surface area contributed by atoms with E-state index in [9.17, 15) is 4.39 Å². The molecule has 1 unspecified atom stereocenters. The van der Waals surface area contributed by atoms with Gasteiger partial charge in [0.2, 0.25) is 0 Å². The van der Waals surface area contributed by atoms with Crippen molar-refractivity contribution < 1.29 is 9.13 Å². The summed E-state index contributed by atoms with van der Waals surface area (Å²) in [5.74, 6) is 2.04. The van der Waals surface area contributed by atoms with Gasteiger partial charge in [-0.05, 0) is 51.0 Å². The number of rotatable bonds is 6. The third-order valence-corrected chi connectivity index (χ3v) is 4.95. The van der Waals surface area contributed by atoms with E-state index in [4.69, 9.17) is 4.74 Å². The molecule has 1 aliphatic heterocycles. The van der Waals surface area contributed by atoms with Crippen LogP contribution >= 0.6 is 0 Å². The molecule has 1 aromatic heterocycles. The molecule has 2 aromatic rings. The maximum atomic E-state index is 13.3. The maximum Gasteiger partial charge on any atom is 0.191 e. The van der Waals surface area contributed by atoms with Crippen LogP contribution in [0.15, 0.2) is 47.5 Å². The van der Waals surface area contributed by atoms with Crippen LogP contribution in [-0.2, 0) is 0 Å². The van der Waals surface area contributed by atoms with E-state index in [1.54, 1.807) is 19.2 Å². The highest BCUT2D eigenvalue weighted by Gasteiger charge is 2.21. The van der Waals surface area contributed by atoms with Crippen molar-refractivity contribution in [1.82, 2.24) is 15.6 Å². The molecule has 0 bridgehead atoms. The number of ether oxygens (including phenoxy) is 1. The molecule has 3 rings (SSSR count). The van der Waals surface area contributed by atoms with E-state index in [0.717, 1.165) is 43.4 Å². The van der Waals surface area contributed by atoms with Crippen molar-refractivity contribution >= 4 is 11.8 Å². The molecule has 156 valence electrons. The Hall–Kier alpha value is -2.83. The molecule has 1 saturated heterocycles. The number of aromatic nitrogens is 1. The van der Waals surface area contributed by atoms with E-state index in [1.165, 1.54) is 12.1 Å². The first-order chi connectivity index (χ1) is 14.0. The van der Waals surface area contributed by atoms with Gasteiger partial charge in [0.15, 0.2) is 5.96 Å². The molecular weight excluding hydrogens is 369 g/mol. The Morgan fingerprint density at radius 3 is 2.72 bits per heavy atom. The normalized spacial score (nSPS) is 16.4. The van der Waals surface area contributed by atoms with Crippen molar-refractivity contribution in [3.8, 4) is 5.75 Å². The van der Waals surface area contributed by atoms with Gasteiger partial charge in [0.05, 0.1) is 6.54 Å². The van der Waals surface area contributed by atoms with Gasteiger partial charge in [-0.1, -0.05) is 12.1 Å². The Labute approximate surface area is 172 Å². The van der Waals surface area contributed by atoms with Gasteiger partial charge in [-0.25, -0.2) is 9.37 Å². The van der Waals surface area contributed by atoms with Gasteiger partial charge in [0, 0.05) is 37.9 Å². The highest BCUT2D eigenvalue weighted by atomic mass is 19.1. The number of nitrogens with one attached hydrogen (secondary N) is 2. The highest BCUT2D eigenvalue weighted by Crippen LogP contribution is 2.18. The van der Waals surface area contributed by atoms with Crippen LogP contribution < -0.4 is 20.3 Å². The molecule has 2 heterocycles. The van der Waals surface area contributed by atoms with E-state index in [1.807, 2.05) is 19.9 Å². The number of benzene rings is 1. The van der Waals surface area contributed by atoms with Crippen LogP contribution in [0.3, 0.4) is 0 Å². The number of anilines is 1. The number of hydrogen-bond donors (Lipinski definition) is 2. The van der Waals surface area contributed by atoms with Gasteiger partial charge in [-0.3, -0.25) is 4.99 Å². The minimum Gasteiger partial charge on any atom is -0.489 e. The van der Waals surface area contributed by atoms with E-state index in [2.05, 4.69) is 37.6 Å². The first-order valence-electron chi connectivity index (χ1n) is 10.1. The van der Waals surface area contributed by atoms with Crippen molar-refractivity contribution in [1.29, 1.82) is 0 Å². The van der Waals surface area contributed by atoms with Crippen LogP contribution in [0.2, 0.25) is 0 Å². The number of piperidine rings is 1. The van der Waals surface area contributed by atoms with E-state index >= 15 is 0 Å². The molecule has 6 nitrogen and oxygen atoms in total. The first-order valence-corrected chi connectivity index (χ1v) is 10.1. The topological polar surface area (TPSA) is 61.8 Å². The van der Waals surface area contributed by atoms with Crippen LogP contribution in [0.25, 0.3) is 0 Å². The fourth-order valence-corrected chi connectivity index (χ4v) is 3.40. The Balaban J connectivity index is 1.42. The summed E-state index contributed by atoms with van der Waals surface area (Å²) >= 11 is 0. The number of guanidine groups is 1. The van der Waals surface area contributed by atoms with Crippen LogP contribution in [0, 0.1) is 12.7 Å². The van der Waals surface area contributed by atoms with Crippen molar-refractivity contribution in [2.75, 3.05) is 31.6 Å². The monoisotopic (exact) mass is 399 g/mol. The second kappa shape index (κ2) is 10.1. The lowest BCUT2D eigenvalue weighted by Crippen LogP contribution is -2.50. The molecule has 1 fully saturated rings. The van der Waals surface area contributed by atoms with Gasteiger partial charge >= 0.3 is 0 Å². The predicted octanol–water partition coefficient (Wildman–Crippen LogP) is 3.13. The van der Waals surface area contributed by atoms with Crippen LogP contribution in [-0.4, -0.2) is 49.8 Å². The largest absolute Gasteiger partial charge is 0.489 e. The second-order valence-corrected chi connectivity index (χ2v) is 7.38. The molecule has 7 heteroatoms. The lowest BCUT2D eigenvalue weighted by molar-refractivity contribution is 0.222. The molecule has 0 amide bonds. The molecule has 29 heavy (non-hydrogen) atoms. The van der Waals surface area contributed by atoms with Crippen LogP contribution in [0.5, 0.6) is 5.75 Å². The van der Waals surface area contributed by atoms with Crippen molar-refractivity contribution in [2.45, 2.75) is 38.8 Å². The van der Waals surface area contributed by atoms with Gasteiger partial charge < -0.3 is 20.3 Å². The van der Waals surface area contributed by atoms with Crippen LogP contribution in [0.4, 0.5) is 10.2 Å². The zero-order valence-corrected chi connectivity index (χ0v) is 17.4. The average molecular weight is 400 g/mol. The minimum absolute atomic E-state index is 0.121. The quantitative estimate of drug-likeness (QED) is 0.577. The Morgan fingerprint density at radius 2 is 2.03 bits per heavy atom. The summed E-state index contributed by atoms with van der Waals surface area (Å²) in [4.78, 5) is 11.3. The molecule has 0 saturated carbocycles. The number of halogens is 1. The summed E-state index contributed by atoms with van der Waals surface area (Å²) in [7, 11) is 1.76. The van der Waals surface area contributed by atoms with Crippen molar-refractivity contribution in [3.05, 3.63) is 54.0 Å². The minimum atomic E-state index is -0.299. The molecule has 2 N–H and O–H groups in total. The Kier molecular flexibility index (Phi) is 7.27. The lowest BCUT2D eigenvalue weighted by Gasteiger charge is -2.34. The maximum absolute atomic E-state index is 13.3. The molecule has 1 atom stereocenters. The molecule has 0 aliphatic carbocycles. The zero-order valence-electron chi connectivity index (χ0n) is 17.4. The summed E-state index contributed by atoms with van der Waals surface area (Å²) < 4.78 is 19.0. The van der Waals surface area contributed by atoms with E-state index < -0.39 is 0 Å². The lowest BCUT2D eigenvalue weighted by atomic mass is 10.1. The molecule has 0 radical (unpaired) electrons. The third-order valence-electron chi connectivity index (χ3n) is 4.95. The Morgan fingerprint density at radius 1 is 1.28 bits per heavy atom. The fourth-order valence-electron chi connectivity index (χ4n) is 3.40. The zero-order chi connectivity index (χ0) is 20.6. The number of aliphatic imine (C=N–C) groups is 1. The number of aryl methyl sites for hydroxylation is 1. The summed E-state index contributed by atoms with van der Waals surface area (Å²) in [6, 6.07) is 12.7. The number of hydrogen-bond acceptors (Lipinski definition) is 4. The van der Waals surface area contributed by atoms with Crippen molar-refractivity contribution in [2.24, 2.45) is 4.99 Å². The smallest absolute Gasteiger partial charge is 0.191 e. The highest BCUT2D eigenvalue weighted by molar-refractivity contribution is 5.80. The number of nitrogens with zero attached hydrogens (tertiary/aromatic N) is 3. The van der Waals surface area contributed by atoms with E-state index in [-0.39, 0.29) is 11.9 Å². The molecule has 0 spiro atoms. The first kappa shape index (κ1) is 20.9. The second-order valence-electron chi connectivity index (χ2n) is 7.38. The van der Waals surface area contributed by atoms with Gasteiger partial charge in [-0.2, -0.15) is 0 Å². The SMILES string of the molecule is CN=C(NCC(C)Oc1cccc(F)c1)NC1CCN(c2cccc(C)n2)CC1. The Bertz CT molecular complexity index is 820. The molecule has 1 aromatic carbocycles. The predicted molar refractivity (Wildman–Crippen MR) is 115 cm³/mol. The summed E-state index contributed by atoms with van der Waals surface area (Å²) in [6.07, 6.45) is 1.92. The van der Waals surface area contributed by atoms with Gasteiger partial charge in [-0.15, -0.1) is 0 Å². The van der Waals surface area contributed by atoms with Crippen LogP contribution in [0.1, 0.15) is 25.5 Å². The summed E-state index contributed by atoms with van der Waals surface area (Å²) in [5, 5.41) is 6.79. The third kappa shape index (κ3) is 6.34. The molecule has 1 aliphatic rings. The standard InChI is InChI=1S/C22H30FN5O/c1-16-6-4-9-21(26-16)28-12-10-19(11-13-28)27-22(24-3)25-15-17(2)29-20-8-5-7-18(23)14-20/h4-9,14,17,19H,10-13,15H2,1-3H3,(H2,24,25,27). The van der Waals surface area contributed by atoms with Gasteiger partial charge in [0.25, 0.3) is 0 Å². The fraction of sp³-hybridized carbons (Fsp3) is 0.455. The number of pyridine rings is 1. The summed E-state index contributed by atoms with van der Waals surface area (Å²) in [6.45, 7) is 6.46. The van der Waals surface area contributed by atoms with Gasteiger partial charge in [0.1, 0.15) is 23.5 Å². The average Bonchev–Trinajstić information content (AvgIpc) is 2.71.